The monoisotopic (exact) mass is 455 g/mol. The summed E-state index contributed by atoms with van der Waals surface area (Å²) in [6.07, 6.45) is 5.93. The third-order valence-corrected chi connectivity index (χ3v) is 7.44. The van der Waals surface area contributed by atoms with E-state index >= 15 is 0 Å². The molecule has 2 aliphatic rings. The number of piperidine rings is 1. The summed E-state index contributed by atoms with van der Waals surface area (Å²) in [4.78, 5) is 14.5. The molecule has 2 aliphatic heterocycles. The Morgan fingerprint density at radius 2 is 1.58 bits per heavy atom. The molecule has 182 valence electrons. The summed E-state index contributed by atoms with van der Waals surface area (Å²) in [7, 11) is -0.273. The van der Waals surface area contributed by atoms with Crippen molar-refractivity contribution in [1.82, 2.24) is 4.90 Å². The Balaban J connectivity index is 1.67. The lowest BCUT2D eigenvalue weighted by atomic mass is 9.68. The molecule has 0 unspecified atom stereocenters. The van der Waals surface area contributed by atoms with Gasteiger partial charge in [0.1, 0.15) is 6.61 Å². The van der Waals surface area contributed by atoms with E-state index in [4.69, 9.17) is 14.0 Å². The molecule has 0 atom stereocenters. The first-order valence-electron chi connectivity index (χ1n) is 12.7. The van der Waals surface area contributed by atoms with Gasteiger partial charge in [-0.25, -0.2) is 4.79 Å². The average Bonchev–Trinajstić information content (AvgIpc) is 3.02. The molecule has 0 aromatic heterocycles. The Hall–Kier alpha value is -1.79. The molecule has 0 aliphatic carbocycles. The number of amides is 1. The highest BCUT2D eigenvalue weighted by Crippen LogP contribution is 2.42. The molecule has 3 rings (SSSR count). The Morgan fingerprint density at radius 1 is 1.00 bits per heavy atom. The van der Waals surface area contributed by atoms with Crippen LogP contribution in [0, 0.1) is 5.92 Å². The van der Waals surface area contributed by atoms with Gasteiger partial charge in [-0.15, -0.1) is 0 Å². The fourth-order valence-electron chi connectivity index (χ4n) is 4.80. The number of hydrogen-bond acceptors (Lipinski definition) is 4. The van der Waals surface area contributed by atoms with Crippen LogP contribution in [0.1, 0.15) is 85.6 Å². The molecule has 1 aromatic carbocycles. The first kappa shape index (κ1) is 25.8. The number of nitrogens with zero attached hydrogens (tertiary/aromatic N) is 1. The normalized spacial score (nSPS) is 21.2. The molecule has 1 aromatic rings. The molecule has 2 saturated heterocycles. The van der Waals surface area contributed by atoms with E-state index < -0.39 is 0 Å². The predicted octanol–water partition coefficient (Wildman–Crippen LogP) is 6.56. The second-order valence-electron chi connectivity index (χ2n) is 10.4. The molecule has 0 radical (unpaired) electrons. The van der Waals surface area contributed by atoms with Gasteiger partial charge in [-0.3, -0.25) is 0 Å². The average molecular weight is 455 g/mol. The van der Waals surface area contributed by atoms with Crippen LogP contribution in [0.4, 0.5) is 4.79 Å². The molecule has 33 heavy (non-hydrogen) atoms. The van der Waals surface area contributed by atoms with Gasteiger partial charge in [0.25, 0.3) is 0 Å². The van der Waals surface area contributed by atoms with Crippen LogP contribution in [-0.2, 0) is 20.7 Å². The summed E-state index contributed by atoms with van der Waals surface area (Å²) in [5.74, 6) is 0.462. The van der Waals surface area contributed by atoms with E-state index in [9.17, 15) is 4.79 Å². The summed E-state index contributed by atoms with van der Waals surface area (Å²) < 4.78 is 18.5. The number of carbonyl (C=O) groups is 1. The van der Waals surface area contributed by atoms with Crippen molar-refractivity contribution >= 4 is 13.2 Å². The number of ether oxygens (including phenoxy) is 1. The zero-order valence-corrected chi connectivity index (χ0v) is 21.5. The maximum atomic E-state index is 12.6. The fourth-order valence-corrected chi connectivity index (χ4v) is 4.80. The van der Waals surface area contributed by atoms with Crippen LogP contribution in [0.3, 0.4) is 0 Å². The Kier molecular flexibility index (Phi) is 8.68. The molecule has 6 heteroatoms. The lowest BCUT2D eigenvalue weighted by Crippen LogP contribution is -2.41. The van der Waals surface area contributed by atoms with Gasteiger partial charge < -0.3 is 18.9 Å². The summed E-state index contributed by atoms with van der Waals surface area (Å²) >= 11 is 0. The third kappa shape index (κ3) is 6.21. The topological polar surface area (TPSA) is 48.0 Å². The van der Waals surface area contributed by atoms with Crippen LogP contribution >= 0.6 is 0 Å². The molecule has 2 heterocycles. The van der Waals surface area contributed by atoms with Gasteiger partial charge in [-0.05, 0) is 70.3 Å². The number of hydrogen-bond donors (Lipinski definition) is 0. The second-order valence-corrected chi connectivity index (χ2v) is 10.4. The summed E-state index contributed by atoms with van der Waals surface area (Å²) in [6, 6.07) is 9.85. The zero-order chi connectivity index (χ0) is 24.1. The minimum Gasteiger partial charge on any atom is -0.445 e. The Labute approximate surface area is 201 Å². The van der Waals surface area contributed by atoms with E-state index in [0.717, 1.165) is 57.2 Å². The standard InChI is InChI=1S/C27H42BNO4/c1-7-12-23(24(13-8-2)28-32-26(3,4)27(5,6)33-28)22-16-18-29(19-17-22)25(30)31-20-21-14-10-9-11-15-21/h9-11,14-15,22H,7-8,12-13,16-20H2,1-6H3/b24-23+. The molecule has 0 N–H and O–H groups in total. The quantitative estimate of drug-likeness (QED) is 0.417. The molecular weight excluding hydrogens is 413 g/mol. The Bertz CT molecular complexity index is 797. The lowest BCUT2D eigenvalue weighted by molar-refractivity contribution is 0.00578. The van der Waals surface area contributed by atoms with Crippen LogP contribution in [0.5, 0.6) is 0 Å². The molecule has 0 bridgehead atoms. The van der Waals surface area contributed by atoms with E-state index in [1.807, 2.05) is 35.2 Å². The number of likely N-dealkylation sites (tertiary alicyclic amines) is 1. The summed E-state index contributed by atoms with van der Waals surface area (Å²) in [5.41, 5.74) is 3.18. The van der Waals surface area contributed by atoms with Crippen molar-refractivity contribution in [3.05, 3.63) is 46.9 Å². The molecule has 2 fully saturated rings. The highest BCUT2D eigenvalue weighted by molar-refractivity contribution is 6.54. The number of allylic oxidation sites excluding steroid dienone is 2. The van der Waals surface area contributed by atoms with Crippen LogP contribution in [0.15, 0.2) is 41.4 Å². The van der Waals surface area contributed by atoms with Crippen molar-refractivity contribution in [2.45, 2.75) is 97.9 Å². The van der Waals surface area contributed by atoms with Gasteiger partial charge in [-0.2, -0.15) is 0 Å². The van der Waals surface area contributed by atoms with E-state index in [2.05, 4.69) is 41.5 Å². The van der Waals surface area contributed by atoms with E-state index in [0.29, 0.717) is 12.5 Å². The smallest absolute Gasteiger partial charge is 0.445 e. The van der Waals surface area contributed by atoms with Crippen molar-refractivity contribution < 1.29 is 18.8 Å². The maximum Gasteiger partial charge on any atom is 0.490 e. The number of rotatable bonds is 8. The summed E-state index contributed by atoms with van der Waals surface area (Å²) in [5, 5.41) is 0. The van der Waals surface area contributed by atoms with Crippen molar-refractivity contribution in [2.24, 2.45) is 5.92 Å². The van der Waals surface area contributed by atoms with Crippen molar-refractivity contribution in [3.63, 3.8) is 0 Å². The largest absolute Gasteiger partial charge is 0.490 e. The minimum atomic E-state index is -0.333. The zero-order valence-electron chi connectivity index (χ0n) is 21.5. The van der Waals surface area contributed by atoms with Crippen LogP contribution < -0.4 is 0 Å². The first-order chi connectivity index (χ1) is 15.7. The van der Waals surface area contributed by atoms with Crippen LogP contribution in [0.2, 0.25) is 0 Å². The van der Waals surface area contributed by atoms with Crippen LogP contribution in [0.25, 0.3) is 0 Å². The van der Waals surface area contributed by atoms with Gasteiger partial charge in [0.05, 0.1) is 11.2 Å². The lowest BCUT2D eigenvalue weighted by Gasteiger charge is -2.34. The minimum absolute atomic E-state index is 0.210. The highest BCUT2D eigenvalue weighted by atomic mass is 16.7. The highest BCUT2D eigenvalue weighted by Gasteiger charge is 2.52. The van der Waals surface area contributed by atoms with E-state index in [1.54, 1.807) is 0 Å². The van der Waals surface area contributed by atoms with Gasteiger partial charge in [0.15, 0.2) is 0 Å². The van der Waals surface area contributed by atoms with Gasteiger partial charge in [0.2, 0.25) is 0 Å². The fraction of sp³-hybridized carbons (Fsp3) is 0.667. The number of benzene rings is 1. The van der Waals surface area contributed by atoms with E-state index in [-0.39, 0.29) is 24.4 Å². The van der Waals surface area contributed by atoms with Gasteiger partial charge in [0, 0.05) is 13.1 Å². The van der Waals surface area contributed by atoms with Crippen molar-refractivity contribution in [3.8, 4) is 0 Å². The van der Waals surface area contributed by atoms with Crippen LogP contribution in [-0.4, -0.2) is 42.4 Å². The Morgan fingerprint density at radius 3 is 2.12 bits per heavy atom. The third-order valence-electron chi connectivity index (χ3n) is 7.44. The maximum absolute atomic E-state index is 12.6. The summed E-state index contributed by atoms with van der Waals surface area (Å²) in [6.45, 7) is 14.7. The SMILES string of the molecule is CCC/C(B1OC(C)(C)C(C)(C)O1)=C(/CCC)C1CCN(C(=O)OCc2ccccc2)CC1. The molecular formula is C27H42BNO4. The second kappa shape index (κ2) is 11.1. The van der Waals surface area contributed by atoms with Gasteiger partial charge >= 0.3 is 13.2 Å². The van der Waals surface area contributed by atoms with E-state index in [1.165, 1.54) is 11.0 Å². The molecule has 0 spiro atoms. The van der Waals surface area contributed by atoms with Crippen molar-refractivity contribution in [1.29, 1.82) is 0 Å². The predicted molar refractivity (Wildman–Crippen MR) is 134 cm³/mol. The number of carbonyl (C=O) groups excluding carboxylic acids is 1. The molecule has 0 saturated carbocycles. The van der Waals surface area contributed by atoms with Gasteiger partial charge in [-0.1, -0.05) is 62.6 Å². The molecule has 1 amide bonds. The molecule has 5 nitrogen and oxygen atoms in total. The van der Waals surface area contributed by atoms with Crippen molar-refractivity contribution in [2.75, 3.05) is 13.1 Å². The first-order valence-corrected chi connectivity index (χ1v) is 12.7.